The van der Waals surface area contributed by atoms with Crippen molar-refractivity contribution < 1.29 is 27.1 Å². The summed E-state index contributed by atoms with van der Waals surface area (Å²) in [5.41, 5.74) is 5.65. The van der Waals surface area contributed by atoms with Gasteiger partial charge in [-0.3, -0.25) is 9.69 Å². The minimum absolute atomic E-state index is 0.0211. The van der Waals surface area contributed by atoms with Gasteiger partial charge in [-0.1, -0.05) is 54.8 Å². The molecule has 348 valence electrons. The van der Waals surface area contributed by atoms with Crippen molar-refractivity contribution in [2.24, 2.45) is 5.41 Å². The first-order chi connectivity index (χ1) is 31.7. The number of H-pyrrole nitrogens is 1. The number of ether oxygens (including phenoxy) is 2. The van der Waals surface area contributed by atoms with Gasteiger partial charge in [0.25, 0.3) is 15.9 Å². The van der Waals surface area contributed by atoms with E-state index in [9.17, 15) is 13.2 Å². The van der Waals surface area contributed by atoms with Gasteiger partial charge in [0.1, 0.15) is 29.2 Å². The van der Waals surface area contributed by atoms with E-state index in [1.807, 2.05) is 24.3 Å². The lowest BCUT2D eigenvalue weighted by atomic mass is 9.72. The van der Waals surface area contributed by atoms with Crippen LogP contribution in [0.1, 0.15) is 74.7 Å². The number of carbonyl (C=O) groups is 1. The molecule has 0 bridgehead atoms. The lowest BCUT2D eigenvalue weighted by molar-refractivity contribution is -0.0214. The molecule has 0 spiro atoms. The number of benzene rings is 3. The standard InChI is InChI=1S/C49H55Cl2FN8O5S/c1-48(2)15-11-34(40(28-48)32-3-5-35(50)6-4-32)29-53-19-20-54-36-7-9-39(43(26-36)60-44-25-33-12-18-55-46(33)57-42(44)30-56-60)47(61)58-66(62,63)38-8-10-45(41(51)27-38)65-31-49(52)16-21-59(22-17-49)37-13-23-64-24-14-37/h3-10,12,18,25-27,30,37,53-54H,11,13-17,19-24,28-29,31H2,1-2H3,(H,55,57)(H,58,61). The number of alkyl halides is 1. The van der Waals surface area contributed by atoms with Gasteiger partial charge in [-0.05, 0) is 122 Å². The topological polar surface area (TPSA) is 155 Å². The Bertz CT molecular complexity index is 2870. The number of nitrogens with one attached hydrogen (secondary N) is 4. The minimum atomic E-state index is -4.44. The Hall–Kier alpha value is -5.03. The highest BCUT2D eigenvalue weighted by Crippen LogP contribution is 2.43. The molecule has 0 atom stereocenters. The van der Waals surface area contributed by atoms with Gasteiger partial charge in [0.2, 0.25) is 0 Å². The van der Waals surface area contributed by atoms with Crippen molar-refractivity contribution in [2.45, 2.75) is 75.4 Å². The maximum Gasteiger partial charge on any atom is 0.267 e. The minimum Gasteiger partial charge on any atom is -0.489 e. The first-order valence-electron chi connectivity index (χ1n) is 22.6. The Labute approximate surface area is 394 Å². The molecule has 9 rings (SSSR count). The number of aromatic nitrogens is 4. The summed E-state index contributed by atoms with van der Waals surface area (Å²) in [4.78, 5) is 24.0. The number of pyridine rings is 1. The summed E-state index contributed by atoms with van der Waals surface area (Å²) in [5.74, 6) is -0.721. The predicted molar refractivity (Wildman–Crippen MR) is 258 cm³/mol. The number of hydrogen-bond donors (Lipinski definition) is 4. The fourth-order valence-electron chi connectivity index (χ4n) is 9.34. The largest absolute Gasteiger partial charge is 0.489 e. The molecule has 13 nitrogen and oxygen atoms in total. The zero-order valence-corrected chi connectivity index (χ0v) is 39.5. The summed E-state index contributed by atoms with van der Waals surface area (Å²) in [7, 11) is -4.44. The Balaban J connectivity index is 0.884. The second kappa shape index (κ2) is 19.3. The van der Waals surface area contributed by atoms with E-state index in [0.717, 1.165) is 62.3 Å². The number of piperidine rings is 1. The van der Waals surface area contributed by atoms with E-state index in [4.69, 9.17) is 32.7 Å². The van der Waals surface area contributed by atoms with Gasteiger partial charge in [-0.25, -0.2) is 27.2 Å². The number of anilines is 1. The molecule has 2 saturated heterocycles. The van der Waals surface area contributed by atoms with Crippen LogP contribution >= 0.6 is 23.2 Å². The maximum absolute atomic E-state index is 15.9. The van der Waals surface area contributed by atoms with Crippen LogP contribution in [0, 0.1) is 5.41 Å². The Morgan fingerprint density at radius 2 is 1.77 bits per heavy atom. The number of carbonyl (C=O) groups excluding carboxylic acids is 1. The third kappa shape index (κ3) is 10.4. The summed E-state index contributed by atoms with van der Waals surface area (Å²) in [6.07, 6.45) is 9.07. The average Bonchev–Trinajstić information content (AvgIpc) is 3.95. The number of allylic oxidation sites excluding steroid dienone is 1. The monoisotopic (exact) mass is 956 g/mol. The van der Waals surface area contributed by atoms with Crippen molar-refractivity contribution >= 4 is 72.5 Å². The molecule has 66 heavy (non-hydrogen) atoms. The summed E-state index contributed by atoms with van der Waals surface area (Å²) >= 11 is 12.8. The molecule has 2 fully saturated rings. The van der Waals surface area contributed by atoms with Crippen LogP contribution in [0.3, 0.4) is 0 Å². The van der Waals surface area contributed by atoms with Crippen molar-refractivity contribution in [2.75, 3.05) is 57.9 Å². The number of halogens is 3. The van der Waals surface area contributed by atoms with Crippen LogP contribution in [-0.4, -0.2) is 103 Å². The Morgan fingerprint density at radius 1 is 0.985 bits per heavy atom. The molecule has 3 aromatic carbocycles. The zero-order valence-electron chi connectivity index (χ0n) is 37.1. The first kappa shape index (κ1) is 46.1. The molecule has 0 radical (unpaired) electrons. The van der Waals surface area contributed by atoms with Crippen molar-refractivity contribution in [3.63, 3.8) is 0 Å². The highest BCUT2D eigenvalue weighted by atomic mass is 35.5. The SMILES string of the molecule is CC1(C)CCC(CNCCNc2ccc(C(=O)NS(=O)(=O)c3ccc(OCC4(F)CCN(C5CCOCC5)CC4)c(Cl)c3)c(-n3ncc4nc5[nH]ccc5cc43)c2)=C(c2ccc(Cl)cc2)C1. The normalized spacial score (nSPS) is 18.2. The number of hydrogen-bond acceptors (Lipinski definition) is 10. The highest BCUT2D eigenvalue weighted by Gasteiger charge is 2.38. The van der Waals surface area contributed by atoms with E-state index in [2.05, 4.69) is 61.3 Å². The molecule has 17 heteroatoms. The molecule has 0 saturated carbocycles. The van der Waals surface area contributed by atoms with E-state index >= 15 is 4.39 Å². The van der Waals surface area contributed by atoms with Gasteiger partial charge in [-0.2, -0.15) is 5.10 Å². The first-order valence-corrected chi connectivity index (χ1v) is 24.8. The van der Waals surface area contributed by atoms with Crippen molar-refractivity contribution in [3.05, 3.63) is 112 Å². The third-order valence-corrected chi connectivity index (χ3v) is 15.1. The number of likely N-dealkylation sites (tertiary alicyclic amines) is 1. The van der Waals surface area contributed by atoms with Crippen LogP contribution in [0.2, 0.25) is 10.0 Å². The fourth-order valence-corrected chi connectivity index (χ4v) is 10.8. The quantitative estimate of drug-likeness (QED) is 0.0732. The highest BCUT2D eigenvalue weighted by molar-refractivity contribution is 7.90. The van der Waals surface area contributed by atoms with Gasteiger partial charge in [0.05, 0.1) is 32.9 Å². The van der Waals surface area contributed by atoms with Crippen LogP contribution in [0.4, 0.5) is 10.1 Å². The van der Waals surface area contributed by atoms with Crippen LogP contribution in [0.15, 0.2) is 95.7 Å². The van der Waals surface area contributed by atoms with Crippen LogP contribution < -0.4 is 20.1 Å². The smallest absolute Gasteiger partial charge is 0.267 e. The zero-order chi connectivity index (χ0) is 46.1. The molecule has 5 heterocycles. The summed E-state index contributed by atoms with van der Waals surface area (Å²) < 4.78 is 58.6. The summed E-state index contributed by atoms with van der Waals surface area (Å²) in [5, 5.41) is 13.2. The molecular weight excluding hydrogens is 903 g/mol. The number of fused-ring (bicyclic) bond motifs is 2. The van der Waals surface area contributed by atoms with Crippen molar-refractivity contribution in [1.29, 1.82) is 0 Å². The van der Waals surface area contributed by atoms with Crippen molar-refractivity contribution in [1.82, 2.24) is 34.7 Å². The molecular formula is C49H55Cl2FN8O5S. The Morgan fingerprint density at radius 3 is 2.55 bits per heavy atom. The van der Waals surface area contributed by atoms with E-state index in [1.54, 1.807) is 35.3 Å². The summed E-state index contributed by atoms with van der Waals surface area (Å²) in [6.45, 7) is 9.12. The lowest BCUT2D eigenvalue weighted by Gasteiger charge is -2.41. The van der Waals surface area contributed by atoms with E-state index in [0.29, 0.717) is 73.1 Å². The molecule has 6 aromatic rings. The molecule has 1 amide bonds. The number of rotatable bonds is 15. The number of nitrogens with zero attached hydrogens (tertiary/aromatic N) is 4. The van der Waals surface area contributed by atoms with E-state index in [-0.39, 0.29) is 33.3 Å². The van der Waals surface area contributed by atoms with E-state index < -0.39 is 21.6 Å². The molecule has 4 N–H and O–H groups in total. The second-order valence-electron chi connectivity index (χ2n) is 18.5. The summed E-state index contributed by atoms with van der Waals surface area (Å²) in [6, 6.07) is 21.3. The number of amides is 1. The molecule has 2 aliphatic heterocycles. The van der Waals surface area contributed by atoms with Crippen LogP contribution in [-0.2, 0) is 14.8 Å². The lowest BCUT2D eigenvalue weighted by Crippen LogP contribution is -2.50. The van der Waals surface area contributed by atoms with E-state index in [1.165, 1.54) is 34.9 Å². The van der Waals surface area contributed by atoms with Gasteiger partial charge in [0, 0.05) is 74.3 Å². The Kier molecular flexibility index (Phi) is 13.5. The van der Waals surface area contributed by atoms with Gasteiger partial charge < -0.3 is 25.1 Å². The van der Waals surface area contributed by atoms with Crippen molar-refractivity contribution in [3.8, 4) is 11.4 Å². The number of sulfonamides is 1. The maximum atomic E-state index is 15.9. The van der Waals surface area contributed by atoms with Gasteiger partial charge in [-0.15, -0.1) is 0 Å². The molecule has 3 aliphatic rings. The third-order valence-electron chi connectivity index (χ3n) is 13.2. The fraction of sp³-hybridized carbons (Fsp3) is 0.408. The molecule has 0 unspecified atom stereocenters. The molecule has 1 aliphatic carbocycles. The average molecular weight is 958 g/mol. The predicted octanol–water partition coefficient (Wildman–Crippen LogP) is 9.35. The van der Waals surface area contributed by atoms with Crippen LogP contribution in [0.25, 0.3) is 33.3 Å². The van der Waals surface area contributed by atoms with Crippen LogP contribution in [0.5, 0.6) is 5.75 Å². The van der Waals surface area contributed by atoms with Gasteiger partial charge in [0.15, 0.2) is 0 Å². The number of aromatic amines is 1. The second-order valence-corrected chi connectivity index (χ2v) is 21.0. The molecule has 3 aromatic heterocycles. The van der Waals surface area contributed by atoms with Gasteiger partial charge >= 0.3 is 0 Å².